The fraction of sp³-hybridized carbons (Fsp3) is 0.321. The monoisotopic (exact) mass is 512 g/mol. The number of hydrogen-bond donors (Lipinski definition) is 0. The number of unbranched alkanes of at least 4 members (excludes halogenated alkanes) is 2. The van der Waals surface area contributed by atoms with Crippen molar-refractivity contribution in [3.63, 3.8) is 0 Å². The first-order chi connectivity index (χ1) is 14.9. The van der Waals surface area contributed by atoms with Gasteiger partial charge in [0.05, 0.1) is 6.16 Å². The minimum atomic E-state index is -1.77. The Morgan fingerprint density at radius 2 is 1.09 bits per heavy atom. The van der Waals surface area contributed by atoms with E-state index >= 15 is 0 Å². The minimum Gasteiger partial charge on any atom is -1.00 e. The topological polar surface area (TPSA) is 26.3 Å². The number of hydrogen-bond acceptors (Lipinski definition) is 2. The molecule has 0 bridgehead atoms. The van der Waals surface area contributed by atoms with Crippen LogP contribution in [0.25, 0.3) is 0 Å². The lowest BCUT2D eigenvalue weighted by atomic mass is 10.2. The van der Waals surface area contributed by atoms with Crippen molar-refractivity contribution < 1.29 is 26.5 Å². The van der Waals surface area contributed by atoms with Gasteiger partial charge in [0.1, 0.15) is 28.8 Å². The third-order valence-corrected chi connectivity index (χ3v) is 9.91. The van der Waals surface area contributed by atoms with Crippen molar-refractivity contribution in [1.29, 1.82) is 0 Å². The predicted molar refractivity (Wildman–Crippen MR) is 134 cm³/mol. The van der Waals surface area contributed by atoms with Crippen molar-refractivity contribution in [2.45, 2.75) is 52.1 Å². The molecular formula is C28H34BrO2P. The number of ether oxygens (including phenoxy) is 1. The Morgan fingerprint density at radius 3 is 1.47 bits per heavy atom. The van der Waals surface area contributed by atoms with E-state index in [4.69, 9.17) is 4.74 Å². The van der Waals surface area contributed by atoms with Gasteiger partial charge in [-0.1, -0.05) is 54.6 Å². The van der Waals surface area contributed by atoms with E-state index in [0.29, 0.717) is 6.42 Å². The van der Waals surface area contributed by atoms with Crippen LogP contribution in [0, 0.1) is 0 Å². The molecule has 0 spiro atoms. The van der Waals surface area contributed by atoms with Gasteiger partial charge in [-0.3, -0.25) is 4.79 Å². The zero-order valence-electron chi connectivity index (χ0n) is 19.3. The number of esters is 1. The third kappa shape index (κ3) is 7.02. The van der Waals surface area contributed by atoms with Crippen LogP contribution in [-0.4, -0.2) is 17.7 Å². The molecule has 0 atom stereocenters. The molecule has 0 amide bonds. The molecule has 0 saturated carbocycles. The van der Waals surface area contributed by atoms with Crippen LogP contribution in [0.1, 0.15) is 46.5 Å². The number of halogens is 1. The quantitative estimate of drug-likeness (QED) is 0.250. The maximum absolute atomic E-state index is 12.1. The Bertz CT molecular complexity index is 841. The summed E-state index contributed by atoms with van der Waals surface area (Å²) in [6.07, 6.45) is 4.56. The average Bonchev–Trinajstić information content (AvgIpc) is 2.77. The first-order valence-electron chi connectivity index (χ1n) is 11.2. The molecule has 0 aliphatic rings. The predicted octanol–water partition coefficient (Wildman–Crippen LogP) is 2.89. The van der Waals surface area contributed by atoms with Gasteiger partial charge in [-0.25, -0.2) is 0 Å². The zero-order valence-corrected chi connectivity index (χ0v) is 21.8. The van der Waals surface area contributed by atoms with Crippen LogP contribution in [0.4, 0.5) is 0 Å². The van der Waals surface area contributed by atoms with Gasteiger partial charge in [0, 0.05) is 6.42 Å². The molecule has 2 nitrogen and oxygen atoms in total. The molecule has 0 saturated heterocycles. The van der Waals surface area contributed by atoms with Crippen molar-refractivity contribution in [3.05, 3.63) is 91.0 Å². The average molecular weight is 513 g/mol. The van der Waals surface area contributed by atoms with Gasteiger partial charge in [-0.15, -0.1) is 0 Å². The number of rotatable bonds is 9. The zero-order chi connectivity index (χ0) is 22.2. The summed E-state index contributed by atoms with van der Waals surface area (Å²) in [4.78, 5) is 12.1. The summed E-state index contributed by atoms with van der Waals surface area (Å²) in [6.45, 7) is 5.76. The van der Waals surface area contributed by atoms with E-state index in [1.807, 2.05) is 20.8 Å². The van der Waals surface area contributed by atoms with Gasteiger partial charge in [-0.2, -0.15) is 0 Å². The van der Waals surface area contributed by atoms with Crippen LogP contribution in [0.2, 0.25) is 0 Å². The molecule has 0 N–H and O–H groups in total. The molecule has 3 aromatic carbocycles. The molecule has 4 heteroatoms. The normalized spacial score (nSPS) is 11.5. The van der Waals surface area contributed by atoms with E-state index in [2.05, 4.69) is 91.0 Å². The smallest absolute Gasteiger partial charge is 0.306 e. The molecule has 0 aromatic heterocycles. The lowest BCUT2D eigenvalue weighted by molar-refractivity contribution is -0.154. The molecule has 0 aliphatic heterocycles. The first kappa shape index (κ1) is 26.3. The van der Waals surface area contributed by atoms with Crippen LogP contribution in [0.3, 0.4) is 0 Å². The second kappa shape index (κ2) is 12.3. The van der Waals surface area contributed by atoms with Crippen molar-refractivity contribution in [2.75, 3.05) is 6.16 Å². The molecule has 0 fully saturated rings. The van der Waals surface area contributed by atoms with Crippen LogP contribution in [-0.2, 0) is 9.53 Å². The van der Waals surface area contributed by atoms with Gasteiger partial charge >= 0.3 is 5.97 Å². The highest BCUT2D eigenvalue weighted by Gasteiger charge is 2.44. The van der Waals surface area contributed by atoms with Crippen molar-refractivity contribution >= 4 is 29.1 Å². The number of carbonyl (C=O) groups is 1. The highest BCUT2D eigenvalue weighted by atomic mass is 79.9. The summed E-state index contributed by atoms with van der Waals surface area (Å²) < 4.78 is 5.46. The summed E-state index contributed by atoms with van der Waals surface area (Å²) in [5, 5.41) is 4.25. The molecule has 0 heterocycles. The second-order valence-electron chi connectivity index (χ2n) is 8.94. The van der Waals surface area contributed by atoms with Gasteiger partial charge in [0.15, 0.2) is 0 Å². The summed E-state index contributed by atoms with van der Waals surface area (Å²) in [7, 11) is -1.77. The molecular weight excluding hydrogens is 479 g/mol. The minimum absolute atomic E-state index is 0. The largest absolute Gasteiger partial charge is 1.00 e. The second-order valence-corrected chi connectivity index (χ2v) is 12.6. The van der Waals surface area contributed by atoms with Crippen LogP contribution >= 0.6 is 7.26 Å². The first-order valence-corrected chi connectivity index (χ1v) is 13.2. The van der Waals surface area contributed by atoms with E-state index in [1.54, 1.807) is 0 Å². The molecule has 3 rings (SSSR count). The summed E-state index contributed by atoms with van der Waals surface area (Å²) in [5.74, 6) is -0.0947. The van der Waals surface area contributed by atoms with Crippen molar-refractivity contribution in [3.8, 4) is 0 Å². The molecule has 3 aromatic rings. The van der Waals surface area contributed by atoms with Gasteiger partial charge in [-0.05, 0) is 76.4 Å². The molecule has 170 valence electrons. The molecule has 0 radical (unpaired) electrons. The molecule has 0 unspecified atom stereocenters. The van der Waals surface area contributed by atoms with E-state index in [-0.39, 0.29) is 23.0 Å². The van der Waals surface area contributed by atoms with E-state index in [0.717, 1.165) is 25.4 Å². The Morgan fingerprint density at radius 1 is 0.688 bits per heavy atom. The standard InChI is InChI=1S/C28H34O2P.BrH/c1-28(2,3)30-27(29)22-14-7-15-23-31(24-16-8-4-9-17-24,25-18-10-5-11-19-25)26-20-12-6-13-21-26;/h4-6,8-13,16-21H,7,14-15,22-23H2,1-3H3;1H/q+1;/p-1. The highest BCUT2D eigenvalue weighted by molar-refractivity contribution is 7.95. The molecule has 32 heavy (non-hydrogen) atoms. The summed E-state index contributed by atoms with van der Waals surface area (Å²) in [5.41, 5.74) is -0.411. The van der Waals surface area contributed by atoms with E-state index in [1.165, 1.54) is 15.9 Å². The summed E-state index contributed by atoms with van der Waals surface area (Å²) in [6, 6.07) is 32.9. The van der Waals surface area contributed by atoms with Gasteiger partial charge < -0.3 is 21.7 Å². The van der Waals surface area contributed by atoms with E-state index in [9.17, 15) is 4.79 Å². The third-order valence-electron chi connectivity index (χ3n) is 5.39. The highest BCUT2D eigenvalue weighted by Crippen LogP contribution is 2.55. The van der Waals surface area contributed by atoms with Crippen LogP contribution in [0.5, 0.6) is 0 Å². The van der Waals surface area contributed by atoms with Crippen LogP contribution in [0.15, 0.2) is 91.0 Å². The summed E-state index contributed by atoms with van der Waals surface area (Å²) >= 11 is 0. The van der Waals surface area contributed by atoms with Crippen molar-refractivity contribution in [2.24, 2.45) is 0 Å². The lowest BCUT2D eigenvalue weighted by Crippen LogP contribution is -3.00. The maximum Gasteiger partial charge on any atom is 0.306 e. The molecule has 0 aliphatic carbocycles. The lowest BCUT2D eigenvalue weighted by Gasteiger charge is -2.27. The van der Waals surface area contributed by atoms with Crippen molar-refractivity contribution in [1.82, 2.24) is 0 Å². The Hall–Kier alpha value is -1.96. The fourth-order valence-corrected chi connectivity index (χ4v) is 8.48. The van der Waals surface area contributed by atoms with Gasteiger partial charge in [0.25, 0.3) is 0 Å². The number of benzene rings is 3. The number of carbonyl (C=O) groups excluding carboxylic acids is 1. The fourth-order valence-electron chi connectivity index (χ4n) is 4.07. The maximum atomic E-state index is 12.1. The Labute approximate surface area is 204 Å². The SMILES string of the molecule is CC(C)(C)OC(=O)CCCCC[P+](c1ccccc1)(c1ccccc1)c1ccccc1.[Br-]. The van der Waals surface area contributed by atoms with E-state index < -0.39 is 12.9 Å². The Kier molecular flexibility index (Phi) is 10.1. The van der Waals surface area contributed by atoms with Gasteiger partial charge in [0.2, 0.25) is 0 Å². The Balaban J connectivity index is 0.00000363. The van der Waals surface area contributed by atoms with Crippen LogP contribution < -0.4 is 32.9 Å².